The Labute approximate surface area is 128 Å². The van der Waals surface area contributed by atoms with Crippen molar-refractivity contribution >= 4 is 28.8 Å². The van der Waals surface area contributed by atoms with Crippen molar-refractivity contribution in [1.82, 2.24) is 9.78 Å². The van der Waals surface area contributed by atoms with Gasteiger partial charge in [-0.1, -0.05) is 30.7 Å². The van der Waals surface area contributed by atoms with Crippen molar-refractivity contribution in [2.75, 3.05) is 0 Å². The van der Waals surface area contributed by atoms with E-state index in [4.69, 9.17) is 34.3 Å². The highest BCUT2D eigenvalue weighted by Gasteiger charge is 2.10. The first-order valence-corrected chi connectivity index (χ1v) is 7.03. The zero-order chi connectivity index (χ0) is 14.7. The first kappa shape index (κ1) is 14.8. The maximum Gasteiger partial charge on any atom is 0.131 e. The Morgan fingerprint density at radius 2 is 2.20 bits per heavy atom. The molecular formula is C14H16ClN3OS. The second kappa shape index (κ2) is 6.24. The van der Waals surface area contributed by atoms with Gasteiger partial charge in [-0.3, -0.25) is 4.68 Å². The second-order valence-electron chi connectivity index (χ2n) is 4.40. The molecule has 0 aliphatic carbocycles. The Balaban J connectivity index is 2.19. The molecule has 20 heavy (non-hydrogen) atoms. The number of halogens is 1. The minimum Gasteiger partial charge on any atom is -0.487 e. The zero-order valence-electron chi connectivity index (χ0n) is 11.4. The van der Waals surface area contributed by atoms with Gasteiger partial charge in [-0.2, -0.15) is 5.10 Å². The lowest BCUT2D eigenvalue weighted by molar-refractivity contribution is 0.294. The van der Waals surface area contributed by atoms with Crippen molar-refractivity contribution < 1.29 is 4.74 Å². The van der Waals surface area contributed by atoms with Crippen LogP contribution in [0, 0.1) is 0 Å². The minimum atomic E-state index is 0.288. The summed E-state index contributed by atoms with van der Waals surface area (Å²) in [5.74, 6) is 0.587. The summed E-state index contributed by atoms with van der Waals surface area (Å²) in [5, 5.41) is 4.96. The Morgan fingerprint density at radius 3 is 2.80 bits per heavy atom. The fourth-order valence-electron chi connectivity index (χ4n) is 1.85. The van der Waals surface area contributed by atoms with Crippen LogP contribution in [-0.4, -0.2) is 14.8 Å². The molecular weight excluding hydrogens is 294 g/mol. The quantitative estimate of drug-likeness (QED) is 0.863. The normalized spacial score (nSPS) is 10.6. The molecule has 0 fully saturated rings. The largest absolute Gasteiger partial charge is 0.487 e. The molecule has 1 aromatic carbocycles. The SMILES string of the molecule is CCc1cc(COc2cc(Cl)ccc2C(N)=S)n(C)n1. The number of thiocarbonyl (C=S) groups is 1. The number of hydrogen-bond acceptors (Lipinski definition) is 3. The zero-order valence-corrected chi connectivity index (χ0v) is 13.0. The van der Waals surface area contributed by atoms with Crippen molar-refractivity contribution in [2.24, 2.45) is 12.8 Å². The second-order valence-corrected chi connectivity index (χ2v) is 5.27. The maximum absolute atomic E-state index is 5.98. The van der Waals surface area contributed by atoms with Crippen molar-refractivity contribution in [2.45, 2.75) is 20.0 Å². The van der Waals surface area contributed by atoms with E-state index < -0.39 is 0 Å². The van der Waals surface area contributed by atoms with E-state index >= 15 is 0 Å². The number of hydrogen-bond donors (Lipinski definition) is 1. The topological polar surface area (TPSA) is 53.1 Å². The molecule has 0 aliphatic rings. The van der Waals surface area contributed by atoms with Crippen molar-refractivity contribution in [3.8, 4) is 5.75 Å². The van der Waals surface area contributed by atoms with Crippen molar-refractivity contribution in [3.05, 3.63) is 46.2 Å². The summed E-state index contributed by atoms with van der Waals surface area (Å²) in [4.78, 5) is 0.288. The van der Waals surface area contributed by atoms with Gasteiger partial charge in [0, 0.05) is 12.1 Å². The Bertz CT molecular complexity index is 639. The van der Waals surface area contributed by atoms with Gasteiger partial charge in [-0.05, 0) is 30.7 Å². The predicted molar refractivity (Wildman–Crippen MR) is 84.3 cm³/mol. The van der Waals surface area contributed by atoms with E-state index in [1.165, 1.54) is 0 Å². The molecule has 2 N–H and O–H groups in total. The fraction of sp³-hybridized carbons (Fsp3) is 0.286. The minimum absolute atomic E-state index is 0.288. The molecule has 1 heterocycles. The molecule has 1 aromatic heterocycles. The number of nitrogens with two attached hydrogens (primary N) is 1. The summed E-state index contributed by atoms with van der Waals surface area (Å²) in [6, 6.07) is 7.24. The van der Waals surface area contributed by atoms with E-state index in [-0.39, 0.29) is 4.99 Å². The monoisotopic (exact) mass is 309 g/mol. The fourth-order valence-corrected chi connectivity index (χ4v) is 2.18. The molecule has 0 radical (unpaired) electrons. The van der Waals surface area contributed by atoms with Crippen molar-refractivity contribution in [3.63, 3.8) is 0 Å². The number of aromatic nitrogens is 2. The molecule has 4 nitrogen and oxygen atoms in total. The molecule has 0 saturated heterocycles. The Hall–Kier alpha value is -1.59. The Kier molecular flexibility index (Phi) is 4.62. The smallest absolute Gasteiger partial charge is 0.131 e. The van der Waals surface area contributed by atoms with Gasteiger partial charge in [0.15, 0.2) is 0 Å². The van der Waals surface area contributed by atoms with Crippen LogP contribution in [0.1, 0.15) is 23.9 Å². The Morgan fingerprint density at radius 1 is 1.45 bits per heavy atom. The average Bonchev–Trinajstić information content (AvgIpc) is 2.76. The average molecular weight is 310 g/mol. The van der Waals surface area contributed by atoms with Crippen LogP contribution >= 0.6 is 23.8 Å². The van der Waals surface area contributed by atoms with E-state index in [0.717, 1.165) is 17.8 Å². The molecule has 0 unspecified atom stereocenters. The molecule has 6 heteroatoms. The molecule has 106 valence electrons. The number of benzene rings is 1. The van der Waals surface area contributed by atoms with Crippen LogP contribution in [0.25, 0.3) is 0 Å². The highest BCUT2D eigenvalue weighted by Crippen LogP contribution is 2.24. The molecule has 0 aliphatic heterocycles. The van der Waals surface area contributed by atoms with Gasteiger partial charge in [-0.25, -0.2) is 0 Å². The van der Waals surface area contributed by atoms with Crippen LogP contribution in [0.3, 0.4) is 0 Å². The number of ether oxygens (including phenoxy) is 1. The van der Waals surface area contributed by atoms with Crippen molar-refractivity contribution in [1.29, 1.82) is 0 Å². The van der Waals surface area contributed by atoms with E-state index in [2.05, 4.69) is 12.0 Å². The van der Waals surface area contributed by atoms with E-state index in [1.54, 1.807) is 18.2 Å². The highest BCUT2D eigenvalue weighted by atomic mass is 35.5. The summed E-state index contributed by atoms with van der Waals surface area (Å²) in [7, 11) is 1.89. The van der Waals surface area contributed by atoms with Crippen LogP contribution in [-0.2, 0) is 20.1 Å². The molecule has 0 spiro atoms. The van der Waals surface area contributed by atoms with Crippen LogP contribution in [0.15, 0.2) is 24.3 Å². The highest BCUT2D eigenvalue weighted by molar-refractivity contribution is 7.80. The lowest BCUT2D eigenvalue weighted by atomic mass is 10.2. The third kappa shape index (κ3) is 3.29. The predicted octanol–water partition coefficient (Wildman–Crippen LogP) is 2.85. The lowest BCUT2D eigenvalue weighted by Crippen LogP contribution is -2.12. The van der Waals surface area contributed by atoms with Gasteiger partial charge >= 0.3 is 0 Å². The van der Waals surface area contributed by atoms with Gasteiger partial charge in [0.2, 0.25) is 0 Å². The van der Waals surface area contributed by atoms with E-state index in [1.807, 2.05) is 17.8 Å². The van der Waals surface area contributed by atoms with Crippen LogP contribution < -0.4 is 10.5 Å². The first-order chi connectivity index (χ1) is 9.51. The van der Waals surface area contributed by atoms with E-state index in [9.17, 15) is 0 Å². The van der Waals surface area contributed by atoms with Gasteiger partial charge in [0.25, 0.3) is 0 Å². The summed E-state index contributed by atoms with van der Waals surface area (Å²) in [6.45, 7) is 2.45. The van der Waals surface area contributed by atoms with Crippen LogP contribution in [0.5, 0.6) is 5.75 Å². The molecule has 2 rings (SSSR count). The third-order valence-electron chi connectivity index (χ3n) is 2.97. The summed E-state index contributed by atoms with van der Waals surface area (Å²) >= 11 is 11.0. The molecule has 0 atom stereocenters. The van der Waals surface area contributed by atoms with Gasteiger partial charge in [0.1, 0.15) is 17.3 Å². The molecule has 0 bridgehead atoms. The third-order valence-corrected chi connectivity index (χ3v) is 3.43. The number of nitrogens with zero attached hydrogens (tertiary/aromatic N) is 2. The standard InChI is InChI=1S/C14H16ClN3OS/c1-3-10-7-11(18(2)17-10)8-19-13-6-9(15)4-5-12(13)14(16)20/h4-7H,3,8H2,1-2H3,(H2,16,20). The molecule has 0 amide bonds. The molecule has 2 aromatic rings. The number of rotatable bonds is 5. The summed E-state index contributed by atoms with van der Waals surface area (Å²) in [6.07, 6.45) is 0.892. The lowest BCUT2D eigenvalue weighted by Gasteiger charge is -2.11. The van der Waals surface area contributed by atoms with Crippen LogP contribution in [0.2, 0.25) is 5.02 Å². The first-order valence-electron chi connectivity index (χ1n) is 6.25. The summed E-state index contributed by atoms with van der Waals surface area (Å²) < 4.78 is 7.60. The van der Waals surface area contributed by atoms with E-state index in [0.29, 0.717) is 22.9 Å². The van der Waals surface area contributed by atoms with Gasteiger partial charge in [0.05, 0.1) is 17.0 Å². The maximum atomic E-state index is 5.98. The van der Waals surface area contributed by atoms with Crippen LogP contribution in [0.4, 0.5) is 0 Å². The van der Waals surface area contributed by atoms with Gasteiger partial charge < -0.3 is 10.5 Å². The number of aryl methyl sites for hydroxylation is 2. The molecule has 0 saturated carbocycles. The summed E-state index contributed by atoms with van der Waals surface area (Å²) in [5.41, 5.74) is 8.38. The van der Waals surface area contributed by atoms with Gasteiger partial charge in [-0.15, -0.1) is 0 Å².